The molecule has 1 aliphatic heterocycles. The van der Waals surface area contributed by atoms with E-state index >= 15 is 0 Å². The van der Waals surface area contributed by atoms with Crippen molar-refractivity contribution in [1.82, 2.24) is 4.90 Å². The minimum absolute atomic E-state index is 0.0412. The lowest BCUT2D eigenvalue weighted by atomic mass is 9.89. The molecule has 2 aliphatic rings. The van der Waals surface area contributed by atoms with Crippen LogP contribution in [-0.4, -0.2) is 74.8 Å². The molecule has 1 heterocycles. The number of benzene rings is 3. The summed E-state index contributed by atoms with van der Waals surface area (Å²) in [6.07, 6.45) is 0. The minimum atomic E-state index is -5.19. The van der Waals surface area contributed by atoms with Crippen molar-refractivity contribution in [3.8, 4) is 22.5 Å². The monoisotopic (exact) mass is 653 g/mol. The molecule has 43 heavy (non-hydrogen) atoms. The quantitative estimate of drug-likeness (QED) is 0.0788. The standard InChI is InChI=1S/C25H23N3O12S3/c1-12(29)13-3-4-14(17(11-13)25(30)28(2)9-10-41(31,32)33)20-15-5-7-18(26)23(42(34,35)36)21(15)40-22-16(20)6-8-19(27)24(22)43(37,38)39/h3-8,11,26H,9-10,27H2,1-2H3,(H,31,32,33)(H,34,35,36)(H,37,38,39). The summed E-state index contributed by atoms with van der Waals surface area (Å²) in [6.45, 7) is 0.735. The topological polar surface area (TPSA) is 264 Å². The number of nitrogens with one attached hydrogen (secondary N) is 1. The van der Waals surface area contributed by atoms with Crippen molar-refractivity contribution in [3.05, 3.63) is 58.9 Å². The van der Waals surface area contributed by atoms with E-state index in [0.29, 0.717) is 0 Å². The van der Waals surface area contributed by atoms with Gasteiger partial charge in [-0.1, -0.05) is 12.1 Å². The maximum atomic E-state index is 13.7. The van der Waals surface area contributed by atoms with Gasteiger partial charge in [0.15, 0.2) is 26.9 Å². The van der Waals surface area contributed by atoms with E-state index in [1.165, 1.54) is 44.3 Å². The van der Waals surface area contributed by atoms with Crippen molar-refractivity contribution >= 4 is 58.7 Å². The Morgan fingerprint density at radius 2 is 1.51 bits per heavy atom. The van der Waals surface area contributed by atoms with Gasteiger partial charge in [-0.25, -0.2) is 0 Å². The molecular weight excluding hydrogens is 630 g/mol. The normalized spacial score (nSPS) is 12.5. The molecule has 0 saturated heterocycles. The van der Waals surface area contributed by atoms with Gasteiger partial charge in [-0.15, -0.1) is 0 Å². The highest BCUT2D eigenvalue weighted by Gasteiger charge is 2.32. The molecule has 6 N–H and O–H groups in total. The predicted octanol–water partition coefficient (Wildman–Crippen LogP) is 1.92. The van der Waals surface area contributed by atoms with Crippen LogP contribution >= 0.6 is 0 Å². The van der Waals surface area contributed by atoms with Crippen molar-refractivity contribution < 1.29 is 52.9 Å². The lowest BCUT2D eigenvalue weighted by Crippen LogP contribution is -2.32. The number of nitrogens with zero attached hydrogens (tertiary/aromatic N) is 1. The number of amides is 1. The molecule has 0 fully saturated rings. The van der Waals surface area contributed by atoms with Crippen LogP contribution in [0.4, 0.5) is 5.69 Å². The zero-order valence-electron chi connectivity index (χ0n) is 22.2. The van der Waals surface area contributed by atoms with Crippen LogP contribution in [0.2, 0.25) is 0 Å². The average Bonchev–Trinajstić information content (AvgIpc) is 2.87. The first-order chi connectivity index (χ1) is 19.7. The molecule has 1 amide bonds. The molecule has 1 aliphatic carbocycles. The molecule has 2 aromatic rings. The van der Waals surface area contributed by atoms with Gasteiger partial charge in [-0.3, -0.25) is 28.7 Å². The van der Waals surface area contributed by atoms with Crippen molar-refractivity contribution in [1.29, 1.82) is 5.41 Å². The Hall–Kier alpha value is -4.20. The number of rotatable bonds is 8. The lowest BCUT2D eigenvalue weighted by molar-refractivity contribution is 0.0803. The van der Waals surface area contributed by atoms with Gasteiger partial charge in [0.25, 0.3) is 36.3 Å². The molecule has 0 aromatic heterocycles. The fraction of sp³-hybridized carbons (Fsp3) is 0.160. The van der Waals surface area contributed by atoms with E-state index in [-0.39, 0.29) is 33.2 Å². The fourth-order valence-electron chi connectivity index (χ4n) is 4.51. The van der Waals surface area contributed by atoms with Gasteiger partial charge < -0.3 is 15.1 Å². The highest BCUT2D eigenvalue weighted by atomic mass is 32.2. The molecular formula is C25H23N3O12S3. The van der Waals surface area contributed by atoms with Gasteiger partial charge in [0.2, 0.25) is 0 Å². The first kappa shape index (κ1) is 31.7. The summed E-state index contributed by atoms with van der Waals surface area (Å²) in [5.41, 5.74) is 4.15. The Morgan fingerprint density at radius 3 is 2.07 bits per heavy atom. The first-order valence-corrected chi connectivity index (χ1v) is 16.4. The Balaban J connectivity index is 2.23. The SMILES string of the molecule is CC(=O)c1ccc(-c2c3ccc(=N)c(S(=O)(=O)O)c-3oc3c(S(=O)(=O)O)c(N)ccc23)c(C(=O)N(C)CCS(=O)(=O)O)c1. The zero-order chi connectivity index (χ0) is 32.2. The van der Waals surface area contributed by atoms with Crippen LogP contribution in [0.3, 0.4) is 0 Å². The second-order valence-electron chi connectivity index (χ2n) is 9.44. The average molecular weight is 654 g/mol. The molecule has 0 atom stereocenters. The summed E-state index contributed by atoms with van der Waals surface area (Å²) in [4.78, 5) is 24.8. The highest BCUT2D eigenvalue weighted by molar-refractivity contribution is 7.86. The number of hydrogen-bond acceptors (Lipinski definition) is 11. The van der Waals surface area contributed by atoms with Crippen molar-refractivity contribution in [2.24, 2.45) is 0 Å². The Kier molecular flexibility index (Phi) is 7.98. The van der Waals surface area contributed by atoms with Crippen molar-refractivity contribution in [2.45, 2.75) is 16.7 Å². The van der Waals surface area contributed by atoms with Crippen LogP contribution in [0.25, 0.3) is 33.4 Å². The second kappa shape index (κ2) is 10.8. The fourth-order valence-corrected chi connectivity index (χ4v) is 6.50. The smallest absolute Gasteiger partial charge is 0.300 e. The largest absolute Gasteiger partial charge is 0.453 e. The molecule has 0 saturated carbocycles. The van der Waals surface area contributed by atoms with Crippen LogP contribution in [0.1, 0.15) is 27.6 Å². The third-order valence-corrected chi connectivity index (χ3v) is 9.03. The van der Waals surface area contributed by atoms with Crippen molar-refractivity contribution in [3.63, 3.8) is 0 Å². The van der Waals surface area contributed by atoms with Gasteiger partial charge >= 0.3 is 0 Å². The third kappa shape index (κ3) is 6.14. The number of nitrogens with two attached hydrogens (primary N) is 1. The maximum Gasteiger partial charge on any atom is 0.300 e. The molecule has 228 valence electrons. The summed E-state index contributed by atoms with van der Waals surface area (Å²) in [6, 6.07) is 8.36. The van der Waals surface area contributed by atoms with E-state index in [2.05, 4.69) is 0 Å². The van der Waals surface area contributed by atoms with Crippen LogP contribution in [0.15, 0.2) is 56.7 Å². The van der Waals surface area contributed by atoms with Crippen LogP contribution < -0.4 is 11.1 Å². The number of anilines is 1. The molecule has 0 radical (unpaired) electrons. The summed E-state index contributed by atoms with van der Waals surface area (Å²) in [5.74, 6) is -2.87. The Bertz CT molecular complexity index is 2210. The molecule has 18 heteroatoms. The van der Waals surface area contributed by atoms with Crippen LogP contribution in [-0.2, 0) is 30.4 Å². The van der Waals surface area contributed by atoms with Crippen LogP contribution in [0, 0.1) is 5.41 Å². The number of fused-ring (bicyclic) bond motifs is 2. The van der Waals surface area contributed by atoms with Gasteiger partial charge in [0.05, 0.1) is 16.8 Å². The molecule has 2 aromatic carbocycles. The van der Waals surface area contributed by atoms with Crippen molar-refractivity contribution in [2.75, 3.05) is 25.1 Å². The maximum absolute atomic E-state index is 13.7. The second-order valence-corrected chi connectivity index (χ2v) is 13.7. The van der Waals surface area contributed by atoms with Gasteiger partial charge in [-0.05, 0) is 42.8 Å². The lowest BCUT2D eigenvalue weighted by Gasteiger charge is -2.22. The summed E-state index contributed by atoms with van der Waals surface area (Å²) in [7, 11) is -13.6. The van der Waals surface area contributed by atoms with Gasteiger partial charge in [-0.2, -0.15) is 25.3 Å². The van der Waals surface area contributed by atoms with E-state index in [1.54, 1.807) is 0 Å². The van der Waals surface area contributed by atoms with E-state index < -0.39 is 86.5 Å². The van der Waals surface area contributed by atoms with E-state index in [0.717, 1.165) is 17.0 Å². The first-order valence-electron chi connectivity index (χ1n) is 11.9. The number of carbonyl (C=O) groups excluding carboxylic acids is 2. The van der Waals surface area contributed by atoms with E-state index in [1.807, 2.05) is 0 Å². The molecule has 4 rings (SSSR count). The molecule has 0 bridgehead atoms. The summed E-state index contributed by atoms with van der Waals surface area (Å²) in [5, 5.41) is 7.22. The number of ketones is 1. The van der Waals surface area contributed by atoms with Crippen LogP contribution in [0.5, 0.6) is 0 Å². The zero-order valence-corrected chi connectivity index (χ0v) is 24.7. The Morgan fingerprint density at radius 1 is 0.907 bits per heavy atom. The molecule has 15 nitrogen and oxygen atoms in total. The summed E-state index contributed by atoms with van der Waals surface area (Å²) >= 11 is 0. The van der Waals surface area contributed by atoms with Gasteiger partial charge in [0, 0.05) is 41.2 Å². The van der Waals surface area contributed by atoms with Gasteiger partial charge in [0.1, 0.15) is 0 Å². The molecule has 0 spiro atoms. The third-order valence-electron chi connectivity index (χ3n) is 6.47. The highest BCUT2D eigenvalue weighted by Crippen LogP contribution is 2.45. The summed E-state index contributed by atoms with van der Waals surface area (Å²) < 4.78 is 107. The number of Topliss-reactive ketones (excluding diaryl/α,β-unsaturated/α-hetero) is 1. The predicted molar refractivity (Wildman–Crippen MR) is 152 cm³/mol. The minimum Gasteiger partial charge on any atom is -0.453 e. The molecule has 0 unspecified atom stereocenters. The number of hydrogen-bond donors (Lipinski definition) is 5. The number of carbonyl (C=O) groups is 2. The van der Waals surface area contributed by atoms with E-state index in [9.17, 15) is 43.9 Å². The van der Waals surface area contributed by atoms with E-state index in [4.69, 9.17) is 20.1 Å². The Labute approximate surface area is 244 Å². The number of nitrogen functional groups attached to an aromatic ring is 1.